The van der Waals surface area contributed by atoms with Gasteiger partial charge < -0.3 is 30.1 Å². The summed E-state index contributed by atoms with van der Waals surface area (Å²) in [5, 5.41) is 0. The minimum atomic E-state index is 0. The van der Waals surface area contributed by atoms with E-state index in [9.17, 15) is 0 Å². The van der Waals surface area contributed by atoms with E-state index in [1.54, 1.807) is 28.4 Å². The minimum Gasteiger partial charge on any atom is -0.522 e. The van der Waals surface area contributed by atoms with Crippen molar-refractivity contribution in [1.82, 2.24) is 0 Å². The molecule has 0 amide bonds. The molecule has 0 aliphatic heterocycles. The maximum Gasteiger partial charge on any atom is 2.00 e. The summed E-state index contributed by atoms with van der Waals surface area (Å²) in [6.07, 6.45) is 18.6. The smallest absolute Gasteiger partial charge is 0.522 e. The zero-order chi connectivity index (χ0) is 29.5. The fraction of sp³-hybridized carbons (Fsp3) is 0.361. The Morgan fingerprint density at radius 2 is 1.14 bits per heavy atom. The van der Waals surface area contributed by atoms with Gasteiger partial charge in [-0.25, -0.2) is 0 Å². The van der Waals surface area contributed by atoms with E-state index in [0.29, 0.717) is 28.7 Å². The molecule has 6 heteroatoms. The van der Waals surface area contributed by atoms with Gasteiger partial charge in [0.05, 0.1) is 34.5 Å². The largest absolute Gasteiger partial charge is 2.00 e. The van der Waals surface area contributed by atoms with Crippen molar-refractivity contribution in [2.45, 2.75) is 58.5 Å². The predicted molar refractivity (Wildman–Crippen MR) is 170 cm³/mol. The van der Waals surface area contributed by atoms with Gasteiger partial charge in [0.25, 0.3) is 0 Å². The summed E-state index contributed by atoms with van der Waals surface area (Å²) in [7, 11) is 6.51. The van der Waals surface area contributed by atoms with Crippen molar-refractivity contribution < 1.29 is 54.8 Å². The molecule has 4 rings (SSSR count). The van der Waals surface area contributed by atoms with Crippen LogP contribution in [0.15, 0.2) is 48.5 Å². The van der Waals surface area contributed by atoms with Crippen LogP contribution in [0.1, 0.15) is 74.6 Å². The Morgan fingerprint density at radius 1 is 0.690 bits per heavy atom. The van der Waals surface area contributed by atoms with Crippen molar-refractivity contribution in [3.63, 3.8) is 0 Å². The Balaban J connectivity index is 0.000000782. The maximum absolute atomic E-state index is 6.02. The summed E-state index contributed by atoms with van der Waals surface area (Å²) >= 11 is 0. The van der Waals surface area contributed by atoms with Crippen LogP contribution in [-0.4, -0.2) is 34.5 Å². The third-order valence-corrected chi connectivity index (χ3v) is 6.85. The Hall–Kier alpha value is -2.81. The van der Waals surface area contributed by atoms with Gasteiger partial charge in [-0.3, -0.25) is 0 Å². The molecule has 1 aliphatic rings. The molecule has 1 saturated carbocycles. The molecule has 1 aliphatic carbocycles. The summed E-state index contributed by atoms with van der Waals surface area (Å²) in [5.41, 5.74) is 4.11. The molecule has 0 N–H and O–H groups in total. The number of methoxy groups -OCH3 is 4. The Bertz CT molecular complexity index is 1200. The van der Waals surface area contributed by atoms with Crippen LogP contribution in [0.5, 0.6) is 28.7 Å². The van der Waals surface area contributed by atoms with Crippen molar-refractivity contribution in [2.24, 2.45) is 0 Å². The van der Waals surface area contributed by atoms with Gasteiger partial charge in [-0.2, -0.15) is 12.8 Å². The van der Waals surface area contributed by atoms with Crippen LogP contribution in [0.2, 0.25) is 0 Å². The van der Waals surface area contributed by atoms with Gasteiger partial charge in [0.1, 0.15) is 0 Å². The van der Waals surface area contributed by atoms with Gasteiger partial charge >= 0.3 is 31.1 Å². The Morgan fingerprint density at radius 3 is 1.50 bits per heavy atom. The first-order valence-corrected chi connectivity index (χ1v) is 14.4. The monoisotopic (exact) mass is 794 g/mol. The number of hydrogen-bond donors (Lipinski definition) is 0. The molecule has 3 aromatic carbocycles. The van der Waals surface area contributed by atoms with Crippen molar-refractivity contribution in [3.05, 3.63) is 83.3 Å². The van der Waals surface area contributed by atoms with E-state index < -0.39 is 0 Å². The van der Waals surface area contributed by atoms with Crippen molar-refractivity contribution in [2.75, 3.05) is 28.4 Å². The van der Waals surface area contributed by atoms with Gasteiger partial charge in [-0.1, -0.05) is 80.8 Å². The van der Waals surface area contributed by atoms with Crippen LogP contribution in [0.3, 0.4) is 0 Å². The molecule has 3 aromatic rings. The number of hydrogen-bond acceptors (Lipinski definition) is 5. The molecule has 1 unspecified atom stereocenters. The summed E-state index contributed by atoms with van der Waals surface area (Å²) in [4.78, 5) is 0. The fourth-order valence-electron chi connectivity index (χ4n) is 4.25. The van der Waals surface area contributed by atoms with Crippen LogP contribution in [0, 0.1) is 43.6 Å². The first-order chi connectivity index (χ1) is 20.0. The molecule has 0 heterocycles. The average Bonchev–Trinajstić information content (AvgIpc) is 3.04. The SMILES string of the molecule is CCC(C)Oc1c(OC)cc(/C=C/c2ccc(/C=C/c3cc(OC)[c-]c(OC)c3)cc2)cc1OC.[CH-]1CCCCC1.[U+2]. The second-order valence-corrected chi connectivity index (χ2v) is 9.90. The van der Waals surface area contributed by atoms with Gasteiger partial charge in [0, 0.05) is 11.5 Å². The molecule has 222 valence electrons. The summed E-state index contributed by atoms with van der Waals surface area (Å²) in [5.74, 6) is 3.20. The average molecular weight is 795 g/mol. The van der Waals surface area contributed by atoms with Crippen molar-refractivity contribution in [1.29, 1.82) is 0 Å². The minimum absolute atomic E-state index is 0. The molecule has 0 saturated heterocycles. The standard InChI is InChI=1S/C30H33O5.C6H11.U/c1-7-21(2)35-30-28(33-5)18-25(19-29(30)34-6)15-13-23-10-8-22(9-11-23)12-14-24-16-26(31-3)20-27(17-24)32-4;1-2-4-6-5-3-1;/h8-19,21H,7H2,1-6H3;1H,2-6H2;/q2*-1;+2/b14-12+,15-13+;;. The number of ether oxygens (including phenoxy) is 5. The topological polar surface area (TPSA) is 46.2 Å². The second kappa shape index (κ2) is 19.4. The fourth-order valence-corrected chi connectivity index (χ4v) is 4.25. The van der Waals surface area contributed by atoms with Gasteiger partial charge in [0.2, 0.25) is 5.75 Å². The van der Waals surface area contributed by atoms with Crippen LogP contribution in [-0.2, 0) is 0 Å². The molecule has 0 radical (unpaired) electrons. The third-order valence-electron chi connectivity index (χ3n) is 6.85. The first kappa shape index (κ1) is 35.4. The van der Waals surface area contributed by atoms with E-state index in [2.05, 4.69) is 49.8 Å². The van der Waals surface area contributed by atoms with Crippen molar-refractivity contribution >= 4 is 24.3 Å². The molecular formula is C36H44O5U. The van der Waals surface area contributed by atoms with E-state index >= 15 is 0 Å². The number of rotatable bonds is 11. The molecule has 0 aromatic heterocycles. The summed E-state index contributed by atoms with van der Waals surface area (Å²) < 4.78 is 27.7. The van der Waals surface area contributed by atoms with Crippen LogP contribution in [0.4, 0.5) is 0 Å². The summed E-state index contributed by atoms with van der Waals surface area (Å²) in [6, 6.07) is 19.1. The first-order valence-electron chi connectivity index (χ1n) is 14.4. The third kappa shape index (κ3) is 11.5. The molecule has 1 fully saturated rings. The van der Waals surface area contributed by atoms with E-state index in [1.807, 2.05) is 49.4 Å². The Labute approximate surface area is 276 Å². The quantitative estimate of drug-likeness (QED) is 0.143. The molecule has 0 bridgehead atoms. The van der Waals surface area contributed by atoms with Crippen molar-refractivity contribution in [3.8, 4) is 28.7 Å². The van der Waals surface area contributed by atoms with E-state index in [1.165, 1.54) is 32.1 Å². The van der Waals surface area contributed by atoms with Crippen LogP contribution >= 0.6 is 0 Å². The molecule has 5 nitrogen and oxygen atoms in total. The zero-order valence-electron chi connectivity index (χ0n) is 25.9. The van der Waals surface area contributed by atoms with E-state index in [-0.39, 0.29) is 37.2 Å². The second-order valence-electron chi connectivity index (χ2n) is 9.90. The number of benzene rings is 3. The van der Waals surface area contributed by atoms with Crippen LogP contribution < -0.4 is 23.7 Å². The predicted octanol–water partition coefficient (Wildman–Crippen LogP) is 9.19. The molecule has 1 atom stereocenters. The molecular weight excluding hydrogens is 750 g/mol. The van der Waals surface area contributed by atoms with Gasteiger partial charge in [-0.15, -0.1) is 17.7 Å². The zero-order valence-corrected chi connectivity index (χ0v) is 30.0. The summed E-state index contributed by atoms with van der Waals surface area (Å²) in [6.45, 7) is 4.11. The normalized spacial score (nSPS) is 13.5. The maximum atomic E-state index is 6.02. The van der Waals surface area contributed by atoms with E-state index in [4.69, 9.17) is 23.7 Å². The van der Waals surface area contributed by atoms with Gasteiger partial charge in [0.15, 0.2) is 11.5 Å². The Kier molecular flexibility index (Phi) is 16.3. The molecule has 0 spiro atoms. The molecule has 42 heavy (non-hydrogen) atoms. The van der Waals surface area contributed by atoms with Gasteiger partial charge in [-0.05, 0) is 42.2 Å². The van der Waals surface area contributed by atoms with E-state index in [0.717, 1.165) is 28.7 Å². The van der Waals surface area contributed by atoms with Crippen LogP contribution in [0.25, 0.3) is 24.3 Å².